The summed E-state index contributed by atoms with van der Waals surface area (Å²) in [6.45, 7) is 0. The van der Waals surface area contributed by atoms with Gasteiger partial charge >= 0.3 is 6.18 Å². The van der Waals surface area contributed by atoms with Gasteiger partial charge in [0.25, 0.3) is 0 Å². The van der Waals surface area contributed by atoms with Crippen molar-refractivity contribution in [1.82, 2.24) is 9.97 Å². The number of oxime groups is 1. The zero-order valence-corrected chi connectivity index (χ0v) is 9.46. The first-order valence-corrected chi connectivity index (χ1v) is 5.17. The Morgan fingerprint density at radius 2 is 1.79 bits per heavy atom. The Bertz CT molecular complexity index is 597. The topological polar surface area (TPSA) is 58.4 Å². The van der Waals surface area contributed by atoms with Crippen LogP contribution in [0.15, 0.2) is 48.1 Å². The van der Waals surface area contributed by atoms with Crippen LogP contribution in [0.25, 0.3) is 0 Å². The number of benzene rings is 1. The summed E-state index contributed by atoms with van der Waals surface area (Å²) in [6.07, 6.45) is -0.487. The van der Waals surface area contributed by atoms with Crippen molar-refractivity contribution in [3.8, 4) is 0 Å². The molecule has 0 spiro atoms. The molecule has 0 aliphatic heterocycles. The maximum atomic E-state index is 12.6. The molecule has 0 amide bonds. The second-order valence-corrected chi connectivity index (χ2v) is 3.65. The number of hydrogen-bond acceptors (Lipinski definition) is 4. The van der Waals surface area contributed by atoms with Crippen LogP contribution in [-0.4, -0.2) is 20.9 Å². The van der Waals surface area contributed by atoms with Crippen molar-refractivity contribution in [2.75, 3.05) is 0 Å². The second kappa shape index (κ2) is 5.05. The van der Waals surface area contributed by atoms with E-state index in [0.29, 0.717) is 5.56 Å². The number of rotatable bonds is 2. The maximum absolute atomic E-state index is 12.6. The van der Waals surface area contributed by atoms with Gasteiger partial charge in [-0.1, -0.05) is 17.3 Å². The van der Waals surface area contributed by atoms with Gasteiger partial charge in [-0.15, -0.1) is 0 Å². The molecule has 0 aliphatic rings. The van der Waals surface area contributed by atoms with Crippen LogP contribution in [-0.2, 0) is 6.18 Å². The van der Waals surface area contributed by atoms with E-state index >= 15 is 0 Å². The van der Waals surface area contributed by atoms with Crippen molar-refractivity contribution in [1.29, 1.82) is 0 Å². The highest BCUT2D eigenvalue weighted by molar-refractivity contribution is 6.12. The normalized spacial score (nSPS) is 12.5. The molecule has 2 rings (SSSR count). The molecule has 98 valence electrons. The van der Waals surface area contributed by atoms with Gasteiger partial charge in [0.1, 0.15) is 12.0 Å². The number of hydrogen-bond donors (Lipinski definition) is 1. The number of aromatic nitrogens is 2. The third-order valence-corrected chi connectivity index (χ3v) is 2.40. The molecule has 0 bridgehead atoms. The van der Waals surface area contributed by atoms with E-state index in [4.69, 9.17) is 5.21 Å². The maximum Gasteiger partial charge on any atom is 0.416 e. The lowest BCUT2D eigenvalue weighted by Gasteiger charge is -2.09. The Morgan fingerprint density at radius 1 is 1.11 bits per heavy atom. The molecule has 1 N–H and O–H groups in total. The minimum atomic E-state index is -4.45. The number of halogens is 3. The van der Waals surface area contributed by atoms with Crippen LogP contribution >= 0.6 is 0 Å². The van der Waals surface area contributed by atoms with Gasteiger partial charge in [-0.2, -0.15) is 13.2 Å². The Kier molecular flexibility index (Phi) is 3.46. The largest absolute Gasteiger partial charge is 0.416 e. The van der Waals surface area contributed by atoms with Crippen molar-refractivity contribution in [3.05, 3.63) is 59.7 Å². The highest BCUT2D eigenvalue weighted by Crippen LogP contribution is 2.30. The quantitative estimate of drug-likeness (QED) is 0.517. The van der Waals surface area contributed by atoms with Crippen LogP contribution in [0.3, 0.4) is 0 Å². The van der Waals surface area contributed by atoms with E-state index in [-0.39, 0.29) is 11.3 Å². The van der Waals surface area contributed by atoms with Crippen molar-refractivity contribution >= 4 is 5.71 Å². The summed E-state index contributed by atoms with van der Waals surface area (Å²) < 4.78 is 37.8. The zero-order valence-electron chi connectivity index (χ0n) is 9.46. The molecule has 7 heteroatoms. The molecule has 0 saturated heterocycles. The number of alkyl halides is 3. The lowest BCUT2D eigenvalue weighted by molar-refractivity contribution is -0.137. The summed E-state index contributed by atoms with van der Waals surface area (Å²) in [7, 11) is 0. The summed E-state index contributed by atoms with van der Waals surface area (Å²) >= 11 is 0. The molecule has 0 fully saturated rings. The van der Waals surface area contributed by atoms with Crippen molar-refractivity contribution in [2.24, 2.45) is 5.16 Å². The van der Waals surface area contributed by atoms with Crippen LogP contribution in [0, 0.1) is 0 Å². The van der Waals surface area contributed by atoms with E-state index < -0.39 is 11.7 Å². The van der Waals surface area contributed by atoms with Gasteiger partial charge < -0.3 is 5.21 Å². The van der Waals surface area contributed by atoms with Crippen molar-refractivity contribution < 1.29 is 18.4 Å². The van der Waals surface area contributed by atoms with Gasteiger partial charge in [-0.3, -0.25) is 0 Å². The first kappa shape index (κ1) is 13.0. The average Bonchev–Trinajstić information content (AvgIpc) is 2.40. The molecule has 0 unspecified atom stereocenters. The Balaban J connectivity index is 2.47. The lowest BCUT2D eigenvalue weighted by Crippen LogP contribution is -2.09. The molecular formula is C12H8F3N3O. The van der Waals surface area contributed by atoms with Crippen LogP contribution in [0.1, 0.15) is 16.7 Å². The highest BCUT2D eigenvalue weighted by Gasteiger charge is 2.30. The Hall–Kier alpha value is -2.44. The van der Waals surface area contributed by atoms with E-state index in [0.717, 1.165) is 12.1 Å². The monoisotopic (exact) mass is 267 g/mol. The summed E-state index contributed by atoms with van der Waals surface area (Å²) in [5.41, 5.74) is -0.383. The first-order chi connectivity index (χ1) is 9.02. The van der Waals surface area contributed by atoms with Crippen molar-refractivity contribution in [3.63, 3.8) is 0 Å². The van der Waals surface area contributed by atoms with Gasteiger partial charge in [0, 0.05) is 23.5 Å². The fourth-order valence-electron chi connectivity index (χ4n) is 1.55. The van der Waals surface area contributed by atoms with E-state index in [1.807, 2.05) is 0 Å². The molecule has 1 aromatic carbocycles. The van der Waals surface area contributed by atoms with Gasteiger partial charge in [-0.05, 0) is 12.1 Å². The molecule has 1 aromatic heterocycles. The molecule has 2 aromatic rings. The van der Waals surface area contributed by atoms with Crippen LogP contribution in [0.2, 0.25) is 0 Å². The second-order valence-electron chi connectivity index (χ2n) is 3.65. The smallest absolute Gasteiger partial charge is 0.410 e. The highest BCUT2D eigenvalue weighted by atomic mass is 19.4. The fraction of sp³-hybridized carbons (Fsp3) is 0.0833. The van der Waals surface area contributed by atoms with E-state index in [1.165, 1.54) is 30.9 Å². The Labute approximate surface area is 106 Å². The predicted octanol–water partition coefficient (Wildman–Crippen LogP) is 2.72. The molecule has 1 heterocycles. The van der Waals surface area contributed by atoms with Gasteiger partial charge in [-0.25, -0.2) is 9.97 Å². The third kappa shape index (κ3) is 2.87. The van der Waals surface area contributed by atoms with E-state index in [1.54, 1.807) is 0 Å². The minimum Gasteiger partial charge on any atom is -0.410 e. The van der Waals surface area contributed by atoms with Gasteiger partial charge in [0.2, 0.25) is 0 Å². The summed E-state index contributed by atoms with van der Waals surface area (Å²) in [4.78, 5) is 7.45. The lowest BCUT2D eigenvalue weighted by atomic mass is 10.0. The molecule has 0 aliphatic carbocycles. The third-order valence-electron chi connectivity index (χ3n) is 2.40. The van der Waals surface area contributed by atoms with Crippen LogP contribution < -0.4 is 0 Å². The molecule has 4 nitrogen and oxygen atoms in total. The van der Waals surface area contributed by atoms with E-state index in [2.05, 4.69) is 15.1 Å². The minimum absolute atomic E-state index is 0.0216. The number of nitrogens with zero attached hydrogens (tertiary/aromatic N) is 3. The van der Waals surface area contributed by atoms with Crippen LogP contribution in [0.4, 0.5) is 13.2 Å². The summed E-state index contributed by atoms with van der Waals surface area (Å²) in [5, 5.41) is 12.0. The molecule has 0 radical (unpaired) electrons. The molecule has 0 atom stereocenters. The van der Waals surface area contributed by atoms with Crippen LogP contribution in [0.5, 0.6) is 0 Å². The van der Waals surface area contributed by atoms with Crippen molar-refractivity contribution in [2.45, 2.75) is 6.18 Å². The summed E-state index contributed by atoms with van der Waals surface area (Å²) in [6, 6.07) is 4.51. The standard InChI is InChI=1S/C12H8F3N3O/c13-12(14,15)10-3-1-2-8(4-10)11(18-19)9-5-16-7-17-6-9/h1-7,19H/b18-11+. The molecular weight excluding hydrogens is 259 g/mol. The van der Waals surface area contributed by atoms with Gasteiger partial charge in [0.05, 0.1) is 5.56 Å². The predicted molar refractivity (Wildman–Crippen MR) is 60.9 cm³/mol. The first-order valence-electron chi connectivity index (χ1n) is 5.17. The Morgan fingerprint density at radius 3 is 2.37 bits per heavy atom. The SMILES string of the molecule is O/N=C(/c1cncnc1)c1cccc(C(F)(F)F)c1. The zero-order chi connectivity index (χ0) is 13.9. The molecule has 19 heavy (non-hydrogen) atoms. The molecule has 0 saturated carbocycles. The average molecular weight is 267 g/mol. The van der Waals surface area contributed by atoms with Gasteiger partial charge in [0.15, 0.2) is 0 Å². The summed E-state index contributed by atoms with van der Waals surface area (Å²) in [5.74, 6) is 0. The fourth-order valence-corrected chi connectivity index (χ4v) is 1.55. The van der Waals surface area contributed by atoms with E-state index in [9.17, 15) is 13.2 Å².